The van der Waals surface area contributed by atoms with Crippen LogP contribution in [0, 0.1) is 16.7 Å². The number of nitrogens with two attached hydrogens (primary N) is 1. The fourth-order valence-corrected chi connectivity index (χ4v) is 7.82. The zero-order valence-electron chi connectivity index (χ0n) is 28.1. The molecule has 46 heavy (non-hydrogen) atoms. The maximum absolute atomic E-state index is 9.80. The molecule has 0 radical (unpaired) electrons. The summed E-state index contributed by atoms with van der Waals surface area (Å²) in [6, 6.07) is 3.40. The van der Waals surface area contributed by atoms with E-state index in [0.717, 1.165) is 81.2 Å². The lowest BCUT2D eigenvalue weighted by Crippen LogP contribution is -2.35. The van der Waals surface area contributed by atoms with Gasteiger partial charge in [0.05, 0.1) is 29.2 Å². The van der Waals surface area contributed by atoms with Gasteiger partial charge in [0, 0.05) is 46.3 Å². The summed E-state index contributed by atoms with van der Waals surface area (Å²) in [5, 5.41) is 24.4. The average Bonchev–Trinajstić information content (AvgIpc) is 3.66. The summed E-state index contributed by atoms with van der Waals surface area (Å²) < 4.78 is 0. The van der Waals surface area contributed by atoms with Gasteiger partial charge >= 0.3 is 0 Å². The standard InChI is InChI=1S/C37H52N8S/c1-6-10-31(25(2)32-14-8-15-35-37(32)27(22-38)24-46-35)34(40)23-43-29(16-17-30-13-9-20-45(30)5)21-36(41-4)42-19-18-33(39)26(3)44-28-11-7-12-28/h18-19,21,24,28,30,32,40,44H,3-4,6-17,20,23,39H2,1-2,5H3/b31-25+,33-18-,36-21+,40-34?,42-19+,43-29?/t30-,32?/m0/s1. The summed E-state index contributed by atoms with van der Waals surface area (Å²) in [5.74, 6) is 0.655. The molecule has 9 heteroatoms. The van der Waals surface area contributed by atoms with Gasteiger partial charge in [-0.25, -0.2) is 9.98 Å². The number of aryl methyl sites for hydroxylation is 1. The van der Waals surface area contributed by atoms with Gasteiger partial charge in [0.2, 0.25) is 0 Å². The fraction of sp³-hybridized carbons (Fsp3) is 0.541. The summed E-state index contributed by atoms with van der Waals surface area (Å²) in [5.41, 5.74) is 13.2. The van der Waals surface area contributed by atoms with Crippen LogP contribution >= 0.6 is 11.3 Å². The van der Waals surface area contributed by atoms with Crippen molar-refractivity contribution < 1.29 is 0 Å². The Labute approximate surface area is 280 Å². The van der Waals surface area contributed by atoms with Crippen LogP contribution in [0.3, 0.4) is 0 Å². The molecule has 2 aliphatic carbocycles. The van der Waals surface area contributed by atoms with Crippen molar-refractivity contribution in [3.05, 3.63) is 68.5 Å². The second kappa shape index (κ2) is 17.3. The Bertz CT molecular complexity index is 1460. The molecule has 2 atom stereocenters. The molecule has 3 aliphatic rings. The summed E-state index contributed by atoms with van der Waals surface area (Å²) >= 11 is 1.71. The molecule has 0 aromatic carbocycles. The lowest BCUT2D eigenvalue weighted by atomic mass is 9.78. The first-order valence-corrected chi connectivity index (χ1v) is 17.8. The number of allylic oxidation sites excluding steroid dienone is 3. The lowest BCUT2D eigenvalue weighted by Gasteiger charge is -2.28. The van der Waals surface area contributed by atoms with E-state index in [9.17, 15) is 10.7 Å². The summed E-state index contributed by atoms with van der Waals surface area (Å²) in [4.78, 5) is 17.5. The van der Waals surface area contributed by atoms with Crippen LogP contribution in [0.4, 0.5) is 0 Å². The number of hydrogen-bond acceptors (Lipinski definition) is 9. The molecule has 4 rings (SSSR count). The van der Waals surface area contributed by atoms with E-state index in [1.807, 2.05) is 11.5 Å². The molecule has 1 unspecified atom stereocenters. The first-order chi connectivity index (χ1) is 22.2. The third-order valence-corrected chi connectivity index (χ3v) is 10.8. The third kappa shape index (κ3) is 9.23. The van der Waals surface area contributed by atoms with Gasteiger partial charge in [0.1, 0.15) is 6.07 Å². The van der Waals surface area contributed by atoms with E-state index in [4.69, 9.17) is 10.7 Å². The third-order valence-electron chi connectivity index (χ3n) is 9.73. The Morgan fingerprint density at radius 2 is 2.04 bits per heavy atom. The Hall–Kier alpha value is -3.61. The highest BCUT2D eigenvalue weighted by Gasteiger charge is 2.28. The van der Waals surface area contributed by atoms with Gasteiger partial charge in [-0.05, 0) is 115 Å². The van der Waals surface area contributed by atoms with Crippen molar-refractivity contribution in [3.8, 4) is 6.07 Å². The zero-order valence-corrected chi connectivity index (χ0v) is 28.9. The molecule has 0 amide bonds. The molecule has 0 spiro atoms. The topological polar surface area (TPSA) is 126 Å². The maximum atomic E-state index is 9.80. The number of thiophene rings is 1. The van der Waals surface area contributed by atoms with Crippen molar-refractivity contribution in [2.45, 2.75) is 109 Å². The molecular weight excluding hydrogens is 589 g/mol. The molecule has 2 heterocycles. The molecule has 1 saturated heterocycles. The van der Waals surface area contributed by atoms with Crippen molar-refractivity contribution in [1.29, 1.82) is 10.7 Å². The van der Waals surface area contributed by atoms with Gasteiger partial charge in [-0.1, -0.05) is 25.5 Å². The molecule has 1 aliphatic heterocycles. The Morgan fingerprint density at radius 1 is 1.24 bits per heavy atom. The smallest absolute Gasteiger partial charge is 0.152 e. The molecule has 1 aromatic rings. The number of hydrogen-bond donors (Lipinski definition) is 3. The molecule has 2 fully saturated rings. The normalized spacial score (nSPS) is 21.8. The minimum Gasteiger partial charge on any atom is -0.397 e. The Kier molecular flexibility index (Phi) is 13.3. The quantitative estimate of drug-likeness (QED) is 0.127. The molecule has 1 saturated carbocycles. The van der Waals surface area contributed by atoms with Gasteiger partial charge in [-0.3, -0.25) is 4.99 Å². The van der Waals surface area contributed by atoms with E-state index in [-0.39, 0.29) is 5.92 Å². The lowest BCUT2D eigenvalue weighted by molar-refractivity contribution is 0.300. The van der Waals surface area contributed by atoms with Crippen LogP contribution < -0.4 is 11.1 Å². The van der Waals surface area contributed by atoms with E-state index in [0.29, 0.717) is 41.6 Å². The number of nitriles is 1. The van der Waals surface area contributed by atoms with Crippen LogP contribution in [-0.2, 0) is 6.42 Å². The van der Waals surface area contributed by atoms with Crippen LogP contribution in [0.25, 0.3) is 0 Å². The molecule has 8 nitrogen and oxygen atoms in total. The first-order valence-electron chi connectivity index (χ1n) is 16.9. The minimum absolute atomic E-state index is 0.194. The van der Waals surface area contributed by atoms with Crippen LogP contribution in [-0.4, -0.2) is 61.5 Å². The van der Waals surface area contributed by atoms with E-state index >= 15 is 0 Å². The Morgan fingerprint density at radius 3 is 2.70 bits per heavy atom. The predicted molar refractivity (Wildman–Crippen MR) is 196 cm³/mol. The average molecular weight is 641 g/mol. The zero-order chi connectivity index (χ0) is 33.1. The number of fused-ring (bicyclic) bond motifs is 1. The predicted octanol–water partition coefficient (Wildman–Crippen LogP) is 7.60. The van der Waals surface area contributed by atoms with Crippen LogP contribution in [0.1, 0.15) is 106 Å². The highest BCUT2D eigenvalue weighted by Crippen LogP contribution is 2.43. The van der Waals surface area contributed by atoms with E-state index in [2.05, 4.69) is 60.5 Å². The molecular formula is C37H52N8S. The number of likely N-dealkylation sites (tertiary alicyclic amines) is 1. The molecule has 246 valence electrons. The van der Waals surface area contributed by atoms with Crippen LogP contribution in [0.5, 0.6) is 0 Å². The highest BCUT2D eigenvalue weighted by molar-refractivity contribution is 7.10. The Balaban J connectivity index is 1.55. The molecule has 0 bridgehead atoms. The number of nitrogens with zero attached hydrogens (tertiary/aromatic N) is 5. The number of aliphatic imine (C=N–C) groups is 3. The van der Waals surface area contributed by atoms with Gasteiger partial charge in [0.25, 0.3) is 0 Å². The molecule has 4 N–H and O–H groups in total. The highest BCUT2D eigenvalue weighted by atomic mass is 32.1. The van der Waals surface area contributed by atoms with Crippen molar-refractivity contribution >= 4 is 35.7 Å². The van der Waals surface area contributed by atoms with Crippen LogP contribution in [0.2, 0.25) is 0 Å². The van der Waals surface area contributed by atoms with E-state index < -0.39 is 0 Å². The van der Waals surface area contributed by atoms with Gasteiger partial charge in [-0.2, -0.15) is 5.26 Å². The van der Waals surface area contributed by atoms with Gasteiger partial charge in [0.15, 0.2) is 5.82 Å². The second-order valence-electron chi connectivity index (χ2n) is 12.9. The summed E-state index contributed by atoms with van der Waals surface area (Å²) in [6.07, 6.45) is 17.9. The van der Waals surface area contributed by atoms with Gasteiger partial charge < -0.3 is 21.4 Å². The van der Waals surface area contributed by atoms with Crippen molar-refractivity contribution in [3.63, 3.8) is 0 Å². The van der Waals surface area contributed by atoms with E-state index in [1.54, 1.807) is 23.6 Å². The monoisotopic (exact) mass is 640 g/mol. The number of nitrogens with one attached hydrogen (secondary N) is 2. The summed E-state index contributed by atoms with van der Waals surface area (Å²) in [6.45, 7) is 13.6. The first kappa shape index (κ1) is 35.2. The van der Waals surface area contributed by atoms with Crippen molar-refractivity contribution in [2.24, 2.45) is 20.7 Å². The second-order valence-corrected chi connectivity index (χ2v) is 13.8. The van der Waals surface area contributed by atoms with E-state index in [1.165, 1.54) is 35.3 Å². The fourth-order valence-electron chi connectivity index (χ4n) is 6.74. The largest absolute Gasteiger partial charge is 0.397 e. The van der Waals surface area contributed by atoms with Crippen molar-refractivity contribution in [2.75, 3.05) is 20.1 Å². The van der Waals surface area contributed by atoms with Gasteiger partial charge in [-0.15, -0.1) is 11.3 Å². The summed E-state index contributed by atoms with van der Waals surface area (Å²) in [7, 11) is 2.19. The number of rotatable bonds is 16. The maximum Gasteiger partial charge on any atom is 0.152 e. The van der Waals surface area contributed by atoms with Crippen molar-refractivity contribution in [1.82, 2.24) is 10.2 Å². The SMILES string of the molecule is C=NC(=C\C(CC[C@@H]1CCCN1C)=NCC(=N)/C(CCC)=C(\C)C1CCCc2scc(C#N)c21)/N=C/C=C(\N)C(=C)NC1CCC1. The molecule has 1 aromatic heterocycles. The van der Waals surface area contributed by atoms with Crippen LogP contribution in [0.15, 0.2) is 67.4 Å². The minimum atomic E-state index is 0.194.